The maximum absolute atomic E-state index is 14.7. The summed E-state index contributed by atoms with van der Waals surface area (Å²) in [4.78, 5) is 40.5. The lowest BCUT2D eigenvalue weighted by Crippen LogP contribution is -2.49. The average molecular weight is 1050 g/mol. The minimum atomic E-state index is -4.22. The molecule has 0 aliphatic carbocycles. The number of nitrogens with one attached hydrogen (secondary N) is 2. The number of unbranched alkanes of at least 4 members (excludes halogenated alkanes) is 1. The molecule has 2 fully saturated rings. The van der Waals surface area contributed by atoms with Crippen molar-refractivity contribution in [3.8, 4) is 22.6 Å². The van der Waals surface area contributed by atoms with E-state index in [9.17, 15) is 30.8 Å². The first-order chi connectivity index (χ1) is 36.1. The van der Waals surface area contributed by atoms with Crippen LogP contribution in [-0.4, -0.2) is 110 Å². The third kappa shape index (κ3) is 11.2. The third-order valence-electron chi connectivity index (χ3n) is 14.0. The van der Waals surface area contributed by atoms with Gasteiger partial charge in [-0.2, -0.15) is 0 Å². The largest absolute Gasteiger partial charge is 0.495 e. The van der Waals surface area contributed by atoms with Gasteiger partial charge < -0.3 is 29.1 Å². The number of hydrogen-bond acceptors (Lipinski definition) is 11. The molecule has 18 heteroatoms. The molecule has 0 unspecified atom stereocenters. The second kappa shape index (κ2) is 22.0. The van der Waals surface area contributed by atoms with Crippen molar-refractivity contribution in [3.63, 3.8) is 0 Å². The van der Waals surface area contributed by atoms with Crippen LogP contribution in [0, 0.1) is 19.7 Å². The summed E-state index contributed by atoms with van der Waals surface area (Å²) < 4.78 is 87.2. The van der Waals surface area contributed by atoms with Gasteiger partial charge in [-0.3, -0.25) is 24.0 Å². The Hall–Kier alpha value is -7.70. The average Bonchev–Trinajstić information content (AvgIpc) is 3.42. The summed E-state index contributed by atoms with van der Waals surface area (Å²) >= 11 is 0. The van der Waals surface area contributed by atoms with Crippen LogP contribution in [0.3, 0.4) is 0 Å². The molecule has 390 valence electrons. The molecule has 0 saturated carbocycles. The number of rotatable bonds is 16. The number of amides is 2. The predicted octanol–water partition coefficient (Wildman–Crippen LogP) is 9.54. The highest BCUT2D eigenvalue weighted by Gasteiger charge is 2.30. The number of carbonyl (C=O) groups excluding carboxylic acids is 2. The van der Waals surface area contributed by atoms with E-state index in [4.69, 9.17) is 9.47 Å². The number of aryl methyl sites for hydroxylation is 2. The van der Waals surface area contributed by atoms with E-state index in [-0.39, 0.29) is 38.5 Å². The lowest BCUT2D eigenvalue weighted by molar-refractivity contribution is 0.0738. The number of pyridine rings is 1. The highest BCUT2D eigenvalue weighted by molar-refractivity contribution is 7.93. The van der Waals surface area contributed by atoms with Crippen molar-refractivity contribution >= 4 is 65.5 Å². The van der Waals surface area contributed by atoms with Crippen molar-refractivity contribution in [3.05, 3.63) is 161 Å². The second-order valence-electron chi connectivity index (χ2n) is 18.8. The number of ether oxygens (including phenoxy) is 2. The number of halogens is 1. The summed E-state index contributed by atoms with van der Waals surface area (Å²) in [7, 11) is -5.34. The molecule has 2 amide bonds. The molecule has 2 saturated heterocycles. The molecule has 7 aromatic rings. The van der Waals surface area contributed by atoms with Crippen molar-refractivity contribution < 1.29 is 40.3 Å². The number of hydrogen-bond donors (Lipinski definition) is 2. The van der Waals surface area contributed by atoms with Gasteiger partial charge in [0.05, 0.1) is 40.9 Å². The summed E-state index contributed by atoms with van der Waals surface area (Å²) in [5.41, 5.74) is 6.62. The minimum absolute atomic E-state index is 0.0474. The Bertz CT molecular complexity index is 3500. The molecule has 0 bridgehead atoms. The Labute approximate surface area is 438 Å². The summed E-state index contributed by atoms with van der Waals surface area (Å²) in [5, 5.41) is 0.781. The third-order valence-corrected chi connectivity index (χ3v) is 16.8. The fourth-order valence-corrected chi connectivity index (χ4v) is 11.9. The van der Waals surface area contributed by atoms with E-state index in [1.54, 1.807) is 91.6 Å². The molecule has 2 aliphatic rings. The molecular formula is C57H60FN7O8S2. The van der Waals surface area contributed by atoms with Crippen LogP contribution in [0.5, 0.6) is 11.5 Å². The summed E-state index contributed by atoms with van der Waals surface area (Å²) in [6.45, 7) is 8.74. The van der Waals surface area contributed by atoms with Crippen LogP contribution in [0.4, 0.5) is 27.1 Å². The van der Waals surface area contributed by atoms with Crippen molar-refractivity contribution in [2.24, 2.45) is 0 Å². The van der Waals surface area contributed by atoms with Gasteiger partial charge in [-0.1, -0.05) is 55.8 Å². The van der Waals surface area contributed by atoms with Gasteiger partial charge in [0.15, 0.2) is 11.6 Å². The van der Waals surface area contributed by atoms with E-state index >= 15 is 0 Å². The molecule has 0 radical (unpaired) electrons. The van der Waals surface area contributed by atoms with E-state index in [1.165, 1.54) is 31.4 Å². The number of piperazine rings is 2. The van der Waals surface area contributed by atoms with Crippen LogP contribution in [0.1, 0.15) is 57.2 Å². The fourth-order valence-electron chi connectivity index (χ4n) is 9.71. The SMILES string of the molecule is CCCCc1ccc(NS(=O)(=O)c2cc(C(=O)N3CCN(c4ccc(OC)c(F)c4)CC3)c(C)c(-c3ccc(N4CCN(C(=O)c5cc(S(=O)(=O)Nc6cccc7cccnc67)ccc5C)CC4)c(OC)c3)c2)cc1. The first-order valence-corrected chi connectivity index (χ1v) is 27.9. The molecule has 15 nitrogen and oxygen atoms in total. The lowest BCUT2D eigenvalue weighted by Gasteiger charge is -2.37. The van der Waals surface area contributed by atoms with E-state index in [2.05, 4.69) is 26.3 Å². The van der Waals surface area contributed by atoms with Crippen LogP contribution in [0.2, 0.25) is 0 Å². The quantitative estimate of drug-likeness (QED) is 0.0945. The van der Waals surface area contributed by atoms with Gasteiger partial charge in [0.2, 0.25) is 0 Å². The predicted molar refractivity (Wildman–Crippen MR) is 292 cm³/mol. The number of benzene rings is 6. The minimum Gasteiger partial charge on any atom is -0.495 e. The summed E-state index contributed by atoms with van der Waals surface area (Å²) in [5.74, 6) is -0.457. The molecule has 75 heavy (non-hydrogen) atoms. The number of sulfonamides is 2. The highest BCUT2D eigenvalue weighted by Crippen LogP contribution is 2.38. The van der Waals surface area contributed by atoms with E-state index in [0.717, 1.165) is 35.9 Å². The summed E-state index contributed by atoms with van der Waals surface area (Å²) in [6, 6.07) is 34.1. The normalized spacial score (nSPS) is 14.2. The molecule has 2 N–H and O–H groups in total. The molecular weight excluding hydrogens is 994 g/mol. The van der Waals surface area contributed by atoms with Gasteiger partial charge in [0, 0.05) is 92.5 Å². The van der Waals surface area contributed by atoms with Crippen molar-refractivity contribution in [1.29, 1.82) is 0 Å². The Morgan fingerprint density at radius 2 is 1.31 bits per heavy atom. The van der Waals surface area contributed by atoms with Gasteiger partial charge in [0.1, 0.15) is 5.75 Å². The number of fused-ring (bicyclic) bond motifs is 1. The zero-order valence-corrected chi connectivity index (χ0v) is 44.2. The first kappa shape index (κ1) is 52.2. The smallest absolute Gasteiger partial charge is 0.261 e. The van der Waals surface area contributed by atoms with Crippen LogP contribution >= 0.6 is 0 Å². The second-order valence-corrected chi connectivity index (χ2v) is 22.1. The number of nitrogens with zero attached hydrogens (tertiary/aromatic N) is 5. The lowest BCUT2D eigenvalue weighted by atomic mass is 9.95. The van der Waals surface area contributed by atoms with Crippen molar-refractivity contribution in [2.75, 3.05) is 85.8 Å². The zero-order valence-electron chi connectivity index (χ0n) is 42.6. The van der Waals surface area contributed by atoms with Gasteiger partial charge >= 0.3 is 0 Å². The van der Waals surface area contributed by atoms with Crippen LogP contribution in [0.15, 0.2) is 137 Å². The van der Waals surface area contributed by atoms with Crippen molar-refractivity contribution in [1.82, 2.24) is 14.8 Å². The zero-order chi connectivity index (χ0) is 53.0. The Balaban J connectivity index is 0.950. The maximum atomic E-state index is 14.7. The molecule has 3 heterocycles. The first-order valence-electron chi connectivity index (χ1n) is 24.9. The number of methoxy groups -OCH3 is 2. The molecule has 0 atom stereocenters. The molecule has 2 aliphatic heterocycles. The molecule has 0 spiro atoms. The monoisotopic (exact) mass is 1050 g/mol. The molecule has 6 aromatic carbocycles. The summed E-state index contributed by atoms with van der Waals surface area (Å²) in [6.07, 6.45) is 4.54. The molecule has 9 rings (SSSR count). The standard InChI is InChI=1S/C57H60FN7O8S2/c1-6-7-10-40-15-18-43(19-16-40)60-75(70,71)46-36-48(39(3)49(37-46)57(67)65-29-25-62(26-30-65)44-20-23-53(72-4)50(58)34-44)42-17-22-52(54(33-42)73-5)63-27-31-64(32-28-63)56(66)47-35-45(21-14-38(47)2)74(68,69)61-51-13-8-11-41-12-9-24-59-55(41)51/h8-9,11-24,33-37,60-61H,6-7,10,25-32H2,1-5H3. The van der Waals surface area contributed by atoms with Crippen molar-refractivity contribution in [2.45, 2.75) is 49.8 Å². The molecule has 1 aromatic heterocycles. The van der Waals surface area contributed by atoms with Crippen LogP contribution < -0.4 is 28.7 Å². The topological polar surface area (TPSA) is 171 Å². The number of aromatic nitrogens is 1. The van der Waals surface area contributed by atoms with E-state index < -0.39 is 25.9 Å². The van der Waals surface area contributed by atoms with E-state index in [0.29, 0.717) is 103 Å². The van der Waals surface area contributed by atoms with Gasteiger partial charge in [-0.25, -0.2) is 21.2 Å². The van der Waals surface area contributed by atoms with Crippen LogP contribution in [0.25, 0.3) is 22.0 Å². The number of anilines is 4. The Morgan fingerprint density at radius 3 is 1.99 bits per heavy atom. The number of para-hydroxylation sites is 1. The van der Waals surface area contributed by atoms with Gasteiger partial charge in [-0.05, 0) is 127 Å². The van der Waals surface area contributed by atoms with Gasteiger partial charge in [0.25, 0.3) is 31.9 Å². The van der Waals surface area contributed by atoms with E-state index in [1.807, 2.05) is 47.4 Å². The Morgan fingerprint density at radius 1 is 0.653 bits per heavy atom. The van der Waals surface area contributed by atoms with Gasteiger partial charge in [-0.15, -0.1) is 0 Å². The van der Waals surface area contributed by atoms with Crippen LogP contribution in [-0.2, 0) is 26.5 Å². The highest BCUT2D eigenvalue weighted by atomic mass is 32.2. The maximum Gasteiger partial charge on any atom is 0.261 e. The fraction of sp³-hybridized carbons (Fsp3) is 0.281. The Kier molecular flexibility index (Phi) is 15.3. The number of carbonyl (C=O) groups is 2.